The molecule has 1 aliphatic heterocycles. The molecule has 0 aliphatic carbocycles. The molecule has 1 heterocycles. The number of carbonyl (C=O) groups excluding carboxylic acids is 1. The van der Waals surface area contributed by atoms with Gasteiger partial charge in [-0.05, 0) is 18.4 Å². The minimum absolute atomic E-state index is 0.0159. The van der Waals surface area contributed by atoms with Crippen molar-refractivity contribution in [3.63, 3.8) is 0 Å². The van der Waals surface area contributed by atoms with Crippen molar-refractivity contribution in [2.75, 3.05) is 26.9 Å². The van der Waals surface area contributed by atoms with Crippen LogP contribution in [-0.4, -0.2) is 53.9 Å². The minimum atomic E-state index is -0.669. The third kappa shape index (κ3) is 3.43. The van der Waals surface area contributed by atoms with E-state index in [1.54, 1.807) is 4.90 Å². The molecule has 5 nitrogen and oxygen atoms in total. The Balaban J connectivity index is 2.20. The van der Waals surface area contributed by atoms with Gasteiger partial charge in [0.05, 0.1) is 12.6 Å². The highest BCUT2D eigenvalue weighted by Gasteiger charge is 2.36. The summed E-state index contributed by atoms with van der Waals surface area (Å²) in [6, 6.07) is 8.99. The molecule has 0 unspecified atom stereocenters. The predicted molar refractivity (Wildman–Crippen MR) is 78.6 cm³/mol. The van der Waals surface area contributed by atoms with Crippen molar-refractivity contribution in [1.29, 1.82) is 0 Å². The summed E-state index contributed by atoms with van der Waals surface area (Å²) in [4.78, 5) is 14.4. The van der Waals surface area contributed by atoms with Gasteiger partial charge in [0.25, 0.3) is 5.91 Å². The van der Waals surface area contributed by atoms with Crippen LogP contribution in [0.5, 0.6) is 0 Å². The van der Waals surface area contributed by atoms with E-state index in [1.165, 1.54) is 7.11 Å². The van der Waals surface area contributed by atoms with Gasteiger partial charge >= 0.3 is 0 Å². The number of likely N-dealkylation sites (tertiary alicyclic amines) is 1. The Hall–Kier alpha value is -1.43. The normalized spacial score (nSPS) is 23.9. The van der Waals surface area contributed by atoms with Gasteiger partial charge < -0.3 is 19.8 Å². The summed E-state index contributed by atoms with van der Waals surface area (Å²) >= 11 is 0. The first-order valence-corrected chi connectivity index (χ1v) is 7.32. The summed E-state index contributed by atoms with van der Waals surface area (Å²) in [5, 5.41) is 19.0. The molecular formula is C16H23NO4. The van der Waals surface area contributed by atoms with Crippen LogP contribution in [0.25, 0.3) is 0 Å². The molecule has 2 N–H and O–H groups in total. The molecule has 0 aromatic heterocycles. The van der Waals surface area contributed by atoms with Gasteiger partial charge in [-0.1, -0.05) is 30.3 Å². The summed E-state index contributed by atoms with van der Waals surface area (Å²) in [6.45, 7) is 0.438. The van der Waals surface area contributed by atoms with Crippen LogP contribution in [0, 0.1) is 5.92 Å². The van der Waals surface area contributed by atoms with Crippen molar-refractivity contribution >= 4 is 5.91 Å². The second kappa shape index (κ2) is 7.54. The maximum Gasteiger partial charge on any atom is 0.256 e. The Morgan fingerprint density at radius 3 is 2.62 bits per heavy atom. The smallest absolute Gasteiger partial charge is 0.256 e. The van der Waals surface area contributed by atoms with Crippen LogP contribution < -0.4 is 0 Å². The number of piperidine rings is 1. The van der Waals surface area contributed by atoms with E-state index in [0.717, 1.165) is 18.4 Å². The summed E-state index contributed by atoms with van der Waals surface area (Å²) < 4.78 is 5.38. The number of amides is 1. The zero-order valence-corrected chi connectivity index (χ0v) is 12.3. The molecule has 0 radical (unpaired) electrons. The lowest BCUT2D eigenvalue weighted by Crippen LogP contribution is -2.52. The first kappa shape index (κ1) is 15.9. The van der Waals surface area contributed by atoms with E-state index in [4.69, 9.17) is 4.74 Å². The second-order valence-electron chi connectivity index (χ2n) is 5.39. The zero-order chi connectivity index (χ0) is 15.2. The van der Waals surface area contributed by atoms with Gasteiger partial charge in [-0.15, -0.1) is 0 Å². The number of aliphatic hydroxyl groups excluding tert-OH is 2. The predicted octanol–water partition coefficient (Wildman–Crippen LogP) is 0.966. The van der Waals surface area contributed by atoms with Crippen LogP contribution >= 0.6 is 0 Å². The standard InChI is InChI=1S/C16H23NO4/c1-21-15(12-6-3-2-4-7-12)16(20)17-9-5-8-13(10-18)14(17)11-19/h2-4,6-7,13-15,18-19H,5,8-11H2,1H3/t13-,14+,15+/m0/s1. The van der Waals surface area contributed by atoms with Crippen LogP contribution in [-0.2, 0) is 9.53 Å². The summed E-state index contributed by atoms with van der Waals surface area (Å²) in [7, 11) is 1.51. The molecule has 0 bridgehead atoms. The zero-order valence-electron chi connectivity index (χ0n) is 12.3. The quantitative estimate of drug-likeness (QED) is 0.848. The third-order valence-electron chi connectivity index (χ3n) is 4.19. The molecule has 116 valence electrons. The van der Waals surface area contributed by atoms with Crippen molar-refractivity contribution in [3.8, 4) is 0 Å². The van der Waals surface area contributed by atoms with Gasteiger partial charge in [0.1, 0.15) is 0 Å². The molecule has 1 aromatic carbocycles. The highest BCUT2D eigenvalue weighted by Crippen LogP contribution is 2.28. The first-order chi connectivity index (χ1) is 10.2. The largest absolute Gasteiger partial charge is 0.396 e. The monoisotopic (exact) mass is 293 g/mol. The number of carbonyl (C=O) groups is 1. The molecule has 1 aromatic rings. The Labute approximate surface area is 125 Å². The van der Waals surface area contributed by atoms with E-state index in [-0.39, 0.29) is 31.1 Å². The van der Waals surface area contributed by atoms with E-state index in [9.17, 15) is 15.0 Å². The van der Waals surface area contributed by atoms with Gasteiger partial charge in [0.2, 0.25) is 0 Å². The fourth-order valence-corrected chi connectivity index (χ4v) is 3.03. The number of methoxy groups -OCH3 is 1. The van der Waals surface area contributed by atoms with E-state index in [1.807, 2.05) is 30.3 Å². The van der Waals surface area contributed by atoms with Crippen molar-refractivity contribution in [2.45, 2.75) is 25.0 Å². The lowest BCUT2D eigenvalue weighted by molar-refractivity contribution is -0.150. The van der Waals surface area contributed by atoms with Crippen LogP contribution in [0.15, 0.2) is 30.3 Å². The first-order valence-electron chi connectivity index (χ1n) is 7.32. The maximum atomic E-state index is 12.8. The van der Waals surface area contributed by atoms with Gasteiger partial charge in [-0.2, -0.15) is 0 Å². The average Bonchev–Trinajstić information content (AvgIpc) is 2.55. The Kier molecular flexibility index (Phi) is 5.73. The number of hydrogen-bond donors (Lipinski definition) is 2. The second-order valence-corrected chi connectivity index (χ2v) is 5.39. The van der Waals surface area contributed by atoms with Gasteiger partial charge in [-0.3, -0.25) is 4.79 Å². The van der Waals surface area contributed by atoms with Crippen molar-refractivity contribution in [2.24, 2.45) is 5.92 Å². The SMILES string of the molecule is CO[C@@H](C(=O)N1CCC[C@@H](CO)[C@H]1CO)c1ccccc1. The lowest BCUT2D eigenvalue weighted by atomic mass is 9.89. The van der Waals surface area contributed by atoms with E-state index < -0.39 is 6.10 Å². The minimum Gasteiger partial charge on any atom is -0.396 e. The molecule has 1 fully saturated rings. The number of rotatable bonds is 5. The third-order valence-corrected chi connectivity index (χ3v) is 4.19. The van der Waals surface area contributed by atoms with E-state index in [2.05, 4.69) is 0 Å². The number of ether oxygens (including phenoxy) is 1. The number of aliphatic hydroxyl groups is 2. The van der Waals surface area contributed by atoms with Gasteiger partial charge in [-0.25, -0.2) is 0 Å². The topological polar surface area (TPSA) is 70.0 Å². The summed E-state index contributed by atoms with van der Waals surface area (Å²) in [6.07, 6.45) is 0.991. The number of benzene rings is 1. The molecule has 2 rings (SSSR count). The Bertz CT molecular complexity index is 451. The van der Waals surface area contributed by atoms with Crippen LogP contribution in [0.3, 0.4) is 0 Å². The Morgan fingerprint density at radius 1 is 1.33 bits per heavy atom. The van der Waals surface area contributed by atoms with Crippen LogP contribution in [0.2, 0.25) is 0 Å². The fraction of sp³-hybridized carbons (Fsp3) is 0.562. The molecule has 1 amide bonds. The van der Waals surface area contributed by atoms with Gasteiger partial charge in [0, 0.05) is 26.2 Å². The molecule has 3 atom stereocenters. The van der Waals surface area contributed by atoms with Crippen molar-refractivity contribution in [1.82, 2.24) is 4.90 Å². The van der Waals surface area contributed by atoms with Gasteiger partial charge in [0.15, 0.2) is 6.10 Å². The molecule has 0 saturated carbocycles. The van der Waals surface area contributed by atoms with Crippen LogP contribution in [0.1, 0.15) is 24.5 Å². The molecule has 0 spiro atoms. The Morgan fingerprint density at radius 2 is 2.05 bits per heavy atom. The van der Waals surface area contributed by atoms with E-state index >= 15 is 0 Å². The molecule has 1 saturated heterocycles. The van der Waals surface area contributed by atoms with Crippen LogP contribution in [0.4, 0.5) is 0 Å². The molecule has 21 heavy (non-hydrogen) atoms. The highest BCUT2D eigenvalue weighted by molar-refractivity contribution is 5.82. The molecule has 5 heteroatoms. The van der Waals surface area contributed by atoms with Crippen molar-refractivity contribution in [3.05, 3.63) is 35.9 Å². The summed E-state index contributed by atoms with van der Waals surface area (Å²) in [5.41, 5.74) is 0.799. The maximum absolute atomic E-state index is 12.8. The van der Waals surface area contributed by atoms with E-state index in [0.29, 0.717) is 6.54 Å². The number of nitrogens with zero attached hydrogens (tertiary/aromatic N) is 1. The summed E-state index contributed by atoms with van der Waals surface area (Å²) in [5.74, 6) is -0.220. The molecular weight excluding hydrogens is 270 g/mol. The lowest BCUT2D eigenvalue weighted by Gasteiger charge is -2.41. The highest BCUT2D eigenvalue weighted by atomic mass is 16.5. The van der Waals surface area contributed by atoms with Crippen molar-refractivity contribution < 1.29 is 19.7 Å². The average molecular weight is 293 g/mol. The fourth-order valence-electron chi connectivity index (χ4n) is 3.03. The number of hydrogen-bond acceptors (Lipinski definition) is 4. The molecule has 1 aliphatic rings.